The van der Waals surface area contributed by atoms with Crippen molar-refractivity contribution in [1.82, 2.24) is 5.32 Å². The fraction of sp³-hybridized carbons (Fsp3) is 0.192. The number of benzene rings is 3. The number of aliphatic hydroxyl groups is 1. The van der Waals surface area contributed by atoms with Crippen LogP contribution in [0.25, 0.3) is 0 Å². The SMILES string of the molecule is CNC(=O)C1CN(C(=O)COC(=O)C(O)(c2ccccc2)c2ccccc2)c2ccccc2O1. The lowest BCUT2D eigenvalue weighted by atomic mass is 9.86. The smallest absolute Gasteiger partial charge is 0.348 e. The number of hydrogen-bond donors (Lipinski definition) is 2. The number of ether oxygens (including phenoxy) is 2. The molecule has 3 aromatic carbocycles. The molecule has 3 aromatic rings. The highest BCUT2D eigenvalue weighted by Crippen LogP contribution is 2.34. The van der Waals surface area contributed by atoms with E-state index in [1.54, 1.807) is 84.9 Å². The number of esters is 1. The van der Waals surface area contributed by atoms with Crippen LogP contribution in [0.2, 0.25) is 0 Å². The molecule has 0 radical (unpaired) electrons. The average Bonchev–Trinajstić information content (AvgIpc) is 2.90. The van der Waals surface area contributed by atoms with Crippen molar-refractivity contribution in [2.24, 2.45) is 0 Å². The number of likely N-dealkylation sites (N-methyl/N-ethyl adjacent to an activating group) is 1. The van der Waals surface area contributed by atoms with Crippen LogP contribution < -0.4 is 15.0 Å². The van der Waals surface area contributed by atoms with Crippen LogP contribution in [-0.2, 0) is 24.7 Å². The van der Waals surface area contributed by atoms with Crippen molar-refractivity contribution in [2.45, 2.75) is 11.7 Å². The molecule has 2 N–H and O–H groups in total. The highest BCUT2D eigenvalue weighted by atomic mass is 16.6. The van der Waals surface area contributed by atoms with Crippen LogP contribution in [0.5, 0.6) is 5.75 Å². The zero-order valence-corrected chi connectivity index (χ0v) is 18.5. The van der Waals surface area contributed by atoms with Gasteiger partial charge in [-0.2, -0.15) is 0 Å². The molecule has 1 aliphatic rings. The maximum Gasteiger partial charge on any atom is 0.348 e. The fourth-order valence-electron chi connectivity index (χ4n) is 3.84. The Morgan fingerprint density at radius 2 is 1.53 bits per heavy atom. The maximum atomic E-state index is 13.2. The number of para-hydroxylation sites is 2. The molecule has 0 aliphatic carbocycles. The average molecular weight is 460 g/mol. The van der Waals surface area contributed by atoms with Gasteiger partial charge < -0.3 is 24.8 Å². The van der Waals surface area contributed by atoms with Crippen LogP contribution in [0.15, 0.2) is 84.9 Å². The number of amides is 2. The van der Waals surface area contributed by atoms with E-state index in [9.17, 15) is 19.5 Å². The molecule has 0 aromatic heterocycles. The first kappa shape index (κ1) is 23.0. The van der Waals surface area contributed by atoms with Crippen LogP contribution in [0.4, 0.5) is 5.69 Å². The molecule has 174 valence electrons. The van der Waals surface area contributed by atoms with Crippen LogP contribution >= 0.6 is 0 Å². The summed E-state index contributed by atoms with van der Waals surface area (Å²) >= 11 is 0. The molecule has 8 nitrogen and oxygen atoms in total. The van der Waals surface area contributed by atoms with E-state index in [0.717, 1.165) is 0 Å². The molecule has 0 spiro atoms. The molecule has 0 bridgehead atoms. The summed E-state index contributed by atoms with van der Waals surface area (Å²) < 4.78 is 11.1. The van der Waals surface area contributed by atoms with Gasteiger partial charge in [0.15, 0.2) is 12.7 Å². The molecule has 0 saturated heterocycles. The van der Waals surface area contributed by atoms with E-state index in [2.05, 4.69) is 5.32 Å². The first-order valence-corrected chi connectivity index (χ1v) is 10.7. The van der Waals surface area contributed by atoms with Crippen LogP contribution in [0.1, 0.15) is 11.1 Å². The number of carbonyl (C=O) groups excluding carboxylic acids is 3. The number of nitrogens with zero attached hydrogens (tertiary/aromatic N) is 1. The monoisotopic (exact) mass is 460 g/mol. The highest BCUT2D eigenvalue weighted by molar-refractivity contribution is 5.99. The Hall–Kier alpha value is -4.17. The molecule has 34 heavy (non-hydrogen) atoms. The van der Waals surface area contributed by atoms with Crippen LogP contribution in [0, 0.1) is 0 Å². The van der Waals surface area contributed by atoms with E-state index >= 15 is 0 Å². The van der Waals surface area contributed by atoms with E-state index < -0.39 is 30.2 Å². The summed E-state index contributed by atoms with van der Waals surface area (Å²) in [4.78, 5) is 39.8. The predicted molar refractivity (Wildman–Crippen MR) is 124 cm³/mol. The van der Waals surface area contributed by atoms with E-state index in [-0.39, 0.29) is 12.5 Å². The molecule has 1 aliphatic heterocycles. The minimum Gasteiger partial charge on any atom is -0.477 e. The second-order valence-electron chi connectivity index (χ2n) is 7.71. The second-order valence-corrected chi connectivity index (χ2v) is 7.71. The molecule has 8 heteroatoms. The molecular weight excluding hydrogens is 436 g/mol. The zero-order chi connectivity index (χ0) is 24.1. The minimum absolute atomic E-state index is 0.0469. The van der Waals surface area contributed by atoms with Gasteiger partial charge in [-0.1, -0.05) is 72.8 Å². The van der Waals surface area contributed by atoms with Crippen molar-refractivity contribution in [3.8, 4) is 5.75 Å². The van der Waals surface area contributed by atoms with Crippen molar-refractivity contribution in [3.05, 3.63) is 96.1 Å². The standard InChI is InChI=1S/C26H24N2O6/c1-27-24(30)22-16-28(20-14-8-9-15-21(20)34-22)23(29)17-33-25(31)26(32,18-10-4-2-5-11-18)19-12-6-3-7-13-19/h2-15,22,32H,16-17H2,1H3,(H,27,30). The molecule has 0 fully saturated rings. The van der Waals surface area contributed by atoms with Gasteiger partial charge in [0.25, 0.3) is 11.8 Å². The Bertz CT molecular complexity index is 1140. The number of fused-ring (bicyclic) bond motifs is 1. The van der Waals surface area contributed by atoms with Gasteiger partial charge in [-0.15, -0.1) is 0 Å². The summed E-state index contributed by atoms with van der Waals surface area (Å²) in [5, 5.41) is 14.0. The quantitative estimate of drug-likeness (QED) is 0.546. The fourth-order valence-corrected chi connectivity index (χ4v) is 3.84. The topological polar surface area (TPSA) is 105 Å². The van der Waals surface area contributed by atoms with Crippen LogP contribution in [0.3, 0.4) is 0 Å². The van der Waals surface area contributed by atoms with Gasteiger partial charge in [0, 0.05) is 7.05 Å². The van der Waals surface area contributed by atoms with Gasteiger partial charge in [0.05, 0.1) is 12.2 Å². The lowest BCUT2D eigenvalue weighted by Crippen LogP contribution is -2.51. The van der Waals surface area contributed by atoms with Gasteiger partial charge in [-0.05, 0) is 23.3 Å². The Kier molecular flexibility index (Phi) is 6.60. The molecule has 4 rings (SSSR count). The summed E-state index contributed by atoms with van der Waals surface area (Å²) in [7, 11) is 1.48. The van der Waals surface area contributed by atoms with Crippen molar-refractivity contribution in [3.63, 3.8) is 0 Å². The van der Waals surface area contributed by atoms with Crippen molar-refractivity contribution in [1.29, 1.82) is 0 Å². The van der Waals surface area contributed by atoms with Crippen molar-refractivity contribution < 1.29 is 29.0 Å². The molecule has 1 atom stereocenters. The van der Waals surface area contributed by atoms with Gasteiger partial charge in [0.2, 0.25) is 5.60 Å². The van der Waals surface area contributed by atoms with Gasteiger partial charge in [-0.25, -0.2) is 4.79 Å². The van der Waals surface area contributed by atoms with E-state index in [1.807, 2.05) is 0 Å². The minimum atomic E-state index is -2.10. The lowest BCUT2D eigenvalue weighted by molar-refractivity contribution is -0.164. The summed E-state index contributed by atoms with van der Waals surface area (Å²) in [5.74, 6) is -1.55. The third kappa shape index (κ3) is 4.35. The van der Waals surface area contributed by atoms with E-state index in [1.165, 1.54) is 11.9 Å². The van der Waals surface area contributed by atoms with E-state index in [0.29, 0.717) is 22.6 Å². The molecule has 1 unspecified atom stereocenters. The Morgan fingerprint density at radius 3 is 2.12 bits per heavy atom. The number of carbonyl (C=O) groups is 3. The van der Waals surface area contributed by atoms with E-state index in [4.69, 9.17) is 9.47 Å². The largest absolute Gasteiger partial charge is 0.477 e. The summed E-state index contributed by atoms with van der Waals surface area (Å²) in [5.41, 5.74) is -1.01. The molecular formula is C26H24N2O6. The summed E-state index contributed by atoms with van der Waals surface area (Å²) in [6, 6.07) is 23.6. The van der Waals surface area contributed by atoms with Crippen molar-refractivity contribution in [2.75, 3.05) is 25.1 Å². The summed E-state index contributed by atoms with van der Waals surface area (Å²) in [6.45, 7) is -0.676. The van der Waals surface area contributed by atoms with Crippen LogP contribution in [-0.4, -0.2) is 49.2 Å². The first-order chi connectivity index (χ1) is 16.4. The second kappa shape index (κ2) is 9.76. The third-order valence-electron chi connectivity index (χ3n) is 5.62. The number of nitrogens with one attached hydrogen (secondary N) is 1. The Balaban J connectivity index is 1.57. The molecule has 0 saturated carbocycles. The lowest BCUT2D eigenvalue weighted by Gasteiger charge is -2.34. The van der Waals surface area contributed by atoms with Gasteiger partial charge in [0.1, 0.15) is 5.75 Å². The number of anilines is 1. The normalized spacial score (nSPS) is 15.0. The predicted octanol–water partition coefficient (Wildman–Crippen LogP) is 2.01. The Morgan fingerprint density at radius 1 is 0.971 bits per heavy atom. The number of hydrogen-bond acceptors (Lipinski definition) is 6. The molecule has 1 heterocycles. The highest BCUT2D eigenvalue weighted by Gasteiger charge is 2.42. The Labute approximate surface area is 196 Å². The molecule has 2 amide bonds. The first-order valence-electron chi connectivity index (χ1n) is 10.7. The zero-order valence-electron chi connectivity index (χ0n) is 18.5. The van der Waals surface area contributed by atoms with Gasteiger partial charge in [-0.3, -0.25) is 9.59 Å². The summed E-state index contributed by atoms with van der Waals surface area (Å²) in [6.07, 6.45) is -0.912. The third-order valence-corrected chi connectivity index (χ3v) is 5.62. The number of rotatable bonds is 6. The van der Waals surface area contributed by atoms with Crippen molar-refractivity contribution >= 4 is 23.5 Å². The maximum absolute atomic E-state index is 13.2. The van der Waals surface area contributed by atoms with Gasteiger partial charge >= 0.3 is 5.97 Å².